The molecule has 0 saturated heterocycles. The molecule has 0 aliphatic carbocycles. The molecule has 0 aliphatic rings. The van der Waals surface area contributed by atoms with Crippen LogP contribution in [0.25, 0.3) is 11.3 Å². The van der Waals surface area contributed by atoms with E-state index in [0.717, 1.165) is 28.3 Å². The van der Waals surface area contributed by atoms with Crippen molar-refractivity contribution >= 4 is 5.69 Å². The molecule has 3 rings (SSSR count). The lowest BCUT2D eigenvalue weighted by Crippen LogP contribution is -2.03. The van der Waals surface area contributed by atoms with Crippen LogP contribution in [0.15, 0.2) is 55.0 Å². The van der Waals surface area contributed by atoms with Gasteiger partial charge in [-0.1, -0.05) is 18.2 Å². The van der Waals surface area contributed by atoms with Crippen molar-refractivity contribution in [2.45, 2.75) is 6.42 Å². The minimum absolute atomic E-state index is 0.280. The molecule has 1 aromatic heterocycles. The second-order valence-electron chi connectivity index (χ2n) is 5.15. The highest BCUT2D eigenvalue weighted by Gasteiger charge is 2.08. The summed E-state index contributed by atoms with van der Waals surface area (Å²) in [5.74, 6) is 1.07. The Morgan fingerprint density at radius 1 is 1.22 bits per heavy atom. The van der Waals surface area contributed by atoms with Crippen molar-refractivity contribution in [2.75, 3.05) is 19.0 Å². The van der Waals surface area contributed by atoms with Crippen LogP contribution in [0.4, 0.5) is 5.69 Å². The molecule has 0 spiro atoms. The molecule has 0 unspecified atom stereocenters. The van der Waals surface area contributed by atoms with Crippen molar-refractivity contribution in [3.05, 3.63) is 60.6 Å². The quantitative estimate of drug-likeness (QED) is 0.652. The number of hydrogen-bond acceptors (Lipinski definition) is 4. The van der Waals surface area contributed by atoms with Gasteiger partial charge in [-0.05, 0) is 23.8 Å². The zero-order chi connectivity index (χ0) is 16.1. The van der Waals surface area contributed by atoms with E-state index < -0.39 is 0 Å². The molecule has 0 bridgehead atoms. The van der Waals surface area contributed by atoms with Gasteiger partial charge in [-0.3, -0.25) is 0 Å². The summed E-state index contributed by atoms with van der Waals surface area (Å²) >= 11 is 0. The van der Waals surface area contributed by atoms with Crippen LogP contribution in [0.1, 0.15) is 5.56 Å². The second kappa shape index (κ2) is 6.87. The predicted octanol–water partition coefficient (Wildman–Crippen LogP) is 3.45. The number of aromatic hydroxyl groups is 1. The van der Waals surface area contributed by atoms with Crippen molar-refractivity contribution in [1.82, 2.24) is 9.97 Å². The lowest BCUT2D eigenvalue weighted by Gasteiger charge is -2.11. The number of phenolic OH excluding ortho intramolecular Hbond substituents is 1. The number of aromatic nitrogens is 2. The Labute approximate surface area is 135 Å². The number of H-pyrrole nitrogens is 1. The maximum atomic E-state index is 10.0. The van der Waals surface area contributed by atoms with E-state index in [-0.39, 0.29) is 5.75 Å². The van der Waals surface area contributed by atoms with Crippen molar-refractivity contribution in [1.29, 1.82) is 0 Å². The van der Waals surface area contributed by atoms with Gasteiger partial charge in [-0.2, -0.15) is 0 Å². The molecule has 0 saturated carbocycles. The molecule has 0 amide bonds. The van der Waals surface area contributed by atoms with E-state index in [1.807, 2.05) is 43.4 Å². The van der Waals surface area contributed by atoms with E-state index in [4.69, 9.17) is 4.74 Å². The second-order valence-corrected chi connectivity index (χ2v) is 5.15. The minimum atomic E-state index is 0.280. The summed E-state index contributed by atoms with van der Waals surface area (Å²) in [6.45, 7) is 0.484. The van der Waals surface area contributed by atoms with E-state index in [2.05, 4.69) is 15.3 Å². The van der Waals surface area contributed by atoms with E-state index >= 15 is 0 Å². The van der Waals surface area contributed by atoms with Crippen molar-refractivity contribution in [3.63, 3.8) is 0 Å². The van der Waals surface area contributed by atoms with Gasteiger partial charge in [0.15, 0.2) is 0 Å². The topological polar surface area (TPSA) is 70.2 Å². The van der Waals surface area contributed by atoms with Crippen LogP contribution >= 0.6 is 0 Å². The van der Waals surface area contributed by atoms with E-state index in [0.29, 0.717) is 13.0 Å². The first-order valence-corrected chi connectivity index (χ1v) is 7.48. The highest BCUT2D eigenvalue weighted by Crippen LogP contribution is 2.28. The van der Waals surface area contributed by atoms with Crippen LogP contribution in [0.2, 0.25) is 0 Å². The van der Waals surface area contributed by atoms with Gasteiger partial charge in [0.25, 0.3) is 0 Å². The molecule has 5 nitrogen and oxygen atoms in total. The number of rotatable bonds is 6. The average Bonchev–Trinajstić information content (AvgIpc) is 3.11. The standard InChI is InChI=1S/C18H19N3O2/c1-19-14-7-6-13(17(22)10-14)8-9-23-18-5-3-2-4-15(18)16-11-20-12-21-16/h2-7,10-12,19,22H,8-9H2,1H3,(H,20,21). The molecule has 0 aliphatic heterocycles. The average molecular weight is 309 g/mol. The fourth-order valence-electron chi connectivity index (χ4n) is 2.42. The summed E-state index contributed by atoms with van der Waals surface area (Å²) in [5, 5.41) is 13.0. The van der Waals surface area contributed by atoms with Gasteiger partial charge >= 0.3 is 0 Å². The Hall–Kier alpha value is -2.95. The first-order valence-electron chi connectivity index (χ1n) is 7.48. The van der Waals surface area contributed by atoms with Crippen LogP contribution in [0.5, 0.6) is 11.5 Å². The van der Waals surface area contributed by atoms with Crippen LogP contribution in [0.3, 0.4) is 0 Å². The SMILES string of the molecule is CNc1ccc(CCOc2ccccc2-c2cnc[nH]2)c(O)c1. The number of nitrogens with one attached hydrogen (secondary N) is 2. The fraction of sp³-hybridized carbons (Fsp3) is 0.167. The zero-order valence-corrected chi connectivity index (χ0v) is 12.9. The molecule has 0 atom stereocenters. The van der Waals surface area contributed by atoms with Gasteiger partial charge < -0.3 is 20.1 Å². The molecular weight excluding hydrogens is 290 g/mol. The van der Waals surface area contributed by atoms with Crippen LogP contribution in [0, 0.1) is 0 Å². The van der Waals surface area contributed by atoms with Crippen LogP contribution in [-0.2, 0) is 6.42 Å². The number of phenols is 1. The molecule has 23 heavy (non-hydrogen) atoms. The zero-order valence-electron chi connectivity index (χ0n) is 12.9. The van der Waals surface area contributed by atoms with Crippen LogP contribution < -0.4 is 10.1 Å². The number of aromatic amines is 1. The van der Waals surface area contributed by atoms with Crippen molar-refractivity contribution in [2.24, 2.45) is 0 Å². The maximum absolute atomic E-state index is 10.0. The van der Waals surface area contributed by atoms with Crippen molar-refractivity contribution < 1.29 is 9.84 Å². The molecule has 0 radical (unpaired) electrons. The van der Waals surface area contributed by atoms with Gasteiger partial charge in [-0.15, -0.1) is 0 Å². The molecule has 5 heteroatoms. The first-order chi connectivity index (χ1) is 11.3. The third kappa shape index (κ3) is 3.45. The lowest BCUT2D eigenvalue weighted by molar-refractivity contribution is 0.320. The number of nitrogens with zero attached hydrogens (tertiary/aromatic N) is 1. The van der Waals surface area contributed by atoms with Gasteiger partial charge in [0.2, 0.25) is 0 Å². The summed E-state index contributed by atoms with van der Waals surface area (Å²) in [6.07, 6.45) is 4.05. The van der Waals surface area contributed by atoms with Gasteiger partial charge in [0.05, 0.1) is 24.8 Å². The Kier molecular flexibility index (Phi) is 4.47. The highest BCUT2D eigenvalue weighted by atomic mass is 16.5. The fourth-order valence-corrected chi connectivity index (χ4v) is 2.42. The van der Waals surface area contributed by atoms with Crippen LogP contribution in [-0.4, -0.2) is 28.7 Å². The van der Waals surface area contributed by atoms with Gasteiger partial charge in [0.1, 0.15) is 11.5 Å². The Bertz CT molecular complexity index is 770. The monoisotopic (exact) mass is 309 g/mol. The Balaban J connectivity index is 1.68. The summed E-state index contributed by atoms with van der Waals surface area (Å²) < 4.78 is 5.90. The third-order valence-electron chi connectivity index (χ3n) is 3.68. The number of para-hydroxylation sites is 1. The minimum Gasteiger partial charge on any atom is -0.508 e. The predicted molar refractivity (Wildman–Crippen MR) is 90.9 cm³/mol. The number of hydrogen-bond donors (Lipinski definition) is 3. The molecular formula is C18H19N3O2. The number of imidazole rings is 1. The smallest absolute Gasteiger partial charge is 0.128 e. The largest absolute Gasteiger partial charge is 0.508 e. The maximum Gasteiger partial charge on any atom is 0.128 e. The summed E-state index contributed by atoms with van der Waals surface area (Å²) in [5.41, 5.74) is 3.64. The summed E-state index contributed by atoms with van der Waals surface area (Å²) in [7, 11) is 1.82. The summed E-state index contributed by atoms with van der Waals surface area (Å²) in [4.78, 5) is 7.13. The van der Waals surface area contributed by atoms with Gasteiger partial charge in [-0.25, -0.2) is 4.98 Å². The number of benzene rings is 2. The third-order valence-corrected chi connectivity index (χ3v) is 3.68. The highest BCUT2D eigenvalue weighted by molar-refractivity contribution is 5.66. The molecule has 2 aromatic carbocycles. The number of anilines is 1. The lowest BCUT2D eigenvalue weighted by atomic mass is 10.1. The van der Waals surface area contributed by atoms with E-state index in [1.165, 1.54) is 0 Å². The molecule has 3 aromatic rings. The normalized spacial score (nSPS) is 10.5. The Morgan fingerprint density at radius 2 is 2.09 bits per heavy atom. The molecule has 3 N–H and O–H groups in total. The Morgan fingerprint density at radius 3 is 2.83 bits per heavy atom. The van der Waals surface area contributed by atoms with Gasteiger partial charge in [0, 0.05) is 30.8 Å². The molecule has 1 heterocycles. The van der Waals surface area contributed by atoms with E-state index in [9.17, 15) is 5.11 Å². The first kappa shape index (κ1) is 15.0. The van der Waals surface area contributed by atoms with E-state index in [1.54, 1.807) is 18.6 Å². The number of ether oxygens (including phenoxy) is 1. The molecule has 0 fully saturated rings. The molecule has 118 valence electrons. The van der Waals surface area contributed by atoms with Crippen molar-refractivity contribution in [3.8, 4) is 22.8 Å². The summed E-state index contributed by atoms with van der Waals surface area (Å²) in [6, 6.07) is 13.4.